The zero-order chi connectivity index (χ0) is 17.9. The minimum Gasteiger partial charge on any atom is -0.480 e. The van der Waals surface area contributed by atoms with Crippen LogP contribution in [0.2, 0.25) is 5.02 Å². The molecule has 0 radical (unpaired) electrons. The molecular weight excluding hydrogens is 346 g/mol. The summed E-state index contributed by atoms with van der Waals surface area (Å²) in [6.07, 6.45) is 2.62. The zero-order valence-corrected chi connectivity index (χ0v) is 14.2. The Morgan fingerprint density at radius 3 is 2.56 bits per heavy atom. The molecule has 1 aromatic heterocycles. The number of benzene rings is 1. The van der Waals surface area contributed by atoms with Crippen LogP contribution >= 0.6 is 11.6 Å². The number of carboxylic acid groups (broad SMARTS) is 1. The summed E-state index contributed by atoms with van der Waals surface area (Å²) in [4.78, 5) is 23.8. The molecule has 132 valence electrons. The van der Waals surface area contributed by atoms with Crippen molar-refractivity contribution in [2.75, 3.05) is 18.5 Å². The summed E-state index contributed by atoms with van der Waals surface area (Å²) in [5.41, 5.74) is 0.155. The number of hydrogen-bond donors (Lipinski definition) is 2. The second-order valence-electron chi connectivity index (χ2n) is 5.95. The predicted octanol–water partition coefficient (Wildman–Crippen LogP) is 2.31. The van der Waals surface area contributed by atoms with E-state index in [1.165, 1.54) is 10.9 Å². The lowest BCUT2D eigenvalue weighted by Crippen LogP contribution is -2.44. The van der Waals surface area contributed by atoms with Crippen molar-refractivity contribution in [2.24, 2.45) is 0 Å². The summed E-state index contributed by atoms with van der Waals surface area (Å²) in [5.74, 6) is -0.854. The lowest BCUT2D eigenvalue weighted by atomic mass is 9.73. The van der Waals surface area contributed by atoms with E-state index in [4.69, 9.17) is 21.4 Å². The first-order chi connectivity index (χ1) is 12.0. The number of nitrogens with one attached hydrogen (secondary N) is 1. The van der Waals surface area contributed by atoms with Crippen molar-refractivity contribution in [2.45, 2.75) is 24.8 Å². The van der Waals surface area contributed by atoms with E-state index < -0.39 is 11.4 Å². The molecule has 1 saturated heterocycles. The average Bonchev–Trinajstić information content (AvgIpc) is 3.02. The third kappa shape index (κ3) is 3.83. The summed E-state index contributed by atoms with van der Waals surface area (Å²) in [6.45, 7) is 0.721. The largest absolute Gasteiger partial charge is 0.480 e. The molecule has 1 fully saturated rings. The molecule has 2 N–H and O–H groups in total. The fraction of sp³-hybridized carbons (Fsp3) is 0.353. The van der Waals surface area contributed by atoms with Gasteiger partial charge in [-0.2, -0.15) is 5.10 Å². The van der Waals surface area contributed by atoms with Crippen molar-refractivity contribution >= 4 is 29.3 Å². The Kier molecular flexibility index (Phi) is 5.06. The number of ether oxygens (including phenoxy) is 1. The average molecular weight is 364 g/mol. The SMILES string of the molecule is O=C(O)Cn1ccc(NC(=O)C2(c3ccc(Cl)cc3)CCOCC2)n1. The smallest absolute Gasteiger partial charge is 0.325 e. The lowest BCUT2D eigenvalue weighted by molar-refractivity contribution is -0.137. The molecule has 2 aromatic rings. The predicted molar refractivity (Wildman–Crippen MR) is 91.7 cm³/mol. The molecule has 0 spiro atoms. The van der Waals surface area contributed by atoms with Crippen molar-refractivity contribution in [3.63, 3.8) is 0 Å². The maximum absolute atomic E-state index is 13.0. The molecule has 0 unspecified atom stereocenters. The fourth-order valence-electron chi connectivity index (χ4n) is 3.03. The Morgan fingerprint density at radius 2 is 1.92 bits per heavy atom. The Balaban J connectivity index is 1.83. The number of hydrogen-bond acceptors (Lipinski definition) is 4. The number of carboxylic acids is 1. The van der Waals surface area contributed by atoms with Crippen LogP contribution in [0.3, 0.4) is 0 Å². The number of carbonyl (C=O) groups excluding carboxylic acids is 1. The van der Waals surface area contributed by atoms with Crippen LogP contribution in [-0.4, -0.2) is 40.0 Å². The van der Waals surface area contributed by atoms with E-state index in [2.05, 4.69) is 10.4 Å². The highest BCUT2D eigenvalue weighted by molar-refractivity contribution is 6.30. The van der Waals surface area contributed by atoms with Crippen LogP contribution in [0.15, 0.2) is 36.5 Å². The van der Waals surface area contributed by atoms with Crippen molar-refractivity contribution < 1.29 is 19.4 Å². The van der Waals surface area contributed by atoms with Crippen LogP contribution in [0.25, 0.3) is 0 Å². The lowest BCUT2D eigenvalue weighted by Gasteiger charge is -2.36. The molecule has 0 aliphatic carbocycles. The number of halogens is 1. The molecule has 0 bridgehead atoms. The Hall–Kier alpha value is -2.38. The molecule has 1 aliphatic rings. The molecule has 25 heavy (non-hydrogen) atoms. The summed E-state index contributed by atoms with van der Waals surface area (Å²) >= 11 is 5.96. The molecule has 0 saturated carbocycles. The third-order valence-electron chi connectivity index (χ3n) is 4.36. The van der Waals surface area contributed by atoms with Crippen LogP contribution in [0.1, 0.15) is 18.4 Å². The van der Waals surface area contributed by atoms with Crippen LogP contribution in [0, 0.1) is 0 Å². The van der Waals surface area contributed by atoms with Crippen molar-refractivity contribution in [1.29, 1.82) is 0 Å². The molecule has 1 aromatic carbocycles. The first-order valence-electron chi connectivity index (χ1n) is 7.90. The van der Waals surface area contributed by atoms with Crippen LogP contribution in [-0.2, 0) is 26.3 Å². The zero-order valence-electron chi connectivity index (χ0n) is 13.4. The van der Waals surface area contributed by atoms with Gasteiger partial charge in [0.15, 0.2) is 5.82 Å². The Labute approximate surface area is 149 Å². The molecule has 1 aliphatic heterocycles. The van der Waals surface area contributed by atoms with E-state index in [-0.39, 0.29) is 12.5 Å². The maximum atomic E-state index is 13.0. The normalized spacial score (nSPS) is 16.4. The van der Waals surface area contributed by atoms with Gasteiger partial charge in [-0.25, -0.2) is 0 Å². The third-order valence-corrected chi connectivity index (χ3v) is 4.61. The fourth-order valence-corrected chi connectivity index (χ4v) is 3.15. The van der Waals surface area contributed by atoms with Gasteiger partial charge >= 0.3 is 5.97 Å². The van der Waals surface area contributed by atoms with Crippen LogP contribution in [0.4, 0.5) is 5.82 Å². The first kappa shape index (κ1) is 17.4. The van der Waals surface area contributed by atoms with Crippen molar-refractivity contribution in [3.05, 3.63) is 47.1 Å². The van der Waals surface area contributed by atoms with E-state index in [1.54, 1.807) is 18.2 Å². The number of aromatic nitrogens is 2. The van der Waals surface area contributed by atoms with Gasteiger partial charge in [-0.05, 0) is 30.5 Å². The highest BCUT2D eigenvalue weighted by Gasteiger charge is 2.42. The van der Waals surface area contributed by atoms with Gasteiger partial charge < -0.3 is 15.2 Å². The summed E-state index contributed by atoms with van der Waals surface area (Å²) < 4.78 is 6.69. The molecule has 2 heterocycles. The summed E-state index contributed by atoms with van der Waals surface area (Å²) in [5, 5.41) is 16.3. The van der Waals surface area contributed by atoms with Gasteiger partial charge in [0, 0.05) is 30.5 Å². The molecule has 3 rings (SSSR count). The summed E-state index contributed by atoms with van der Waals surface area (Å²) in [6, 6.07) is 8.83. The highest BCUT2D eigenvalue weighted by Crippen LogP contribution is 2.36. The minimum atomic E-state index is -0.997. The van der Waals surface area contributed by atoms with Gasteiger partial charge in [-0.15, -0.1) is 0 Å². The van der Waals surface area contributed by atoms with Crippen LogP contribution in [0.5, 0.6) is 0 Å². The monoisotopic (exact) mass is 363 g/mol. The number of amides is 1. The standard InChI is InChI=1S/C17H18ClN3O4/c18-13-3-1-12(2-4-13)17(6-9-25-10-7-17)16(24)19-14-5-8-21(20-14)11-15(22)23/h1-5,8H,6-7,9-11H2,(H,22,23)(H,19,20,24). The van der Waals surface area contributed by atoms with Crippen LogP contribution < -0.4 is 5.32 Å². The van der Waals surface area contributed by atoms with Gasteiger partial charge in [-0.3, -0.25) is 14.3 Å². The topological polar surface area (TPSA) is 93.5 Å². The minimum absolute atomic E-state index is 0.182. The molecular formula is C17H18ClN3O4. The van der Waals surface area contributed by atoms with Gasteiger partial charge in [0.1, 0.15) is 6.54 Å². The number of aliphatic carboxylic acids is 1. The Morgan fingerprint density at radius 1 is 1.24 bits per heavy atom. The van der Waals surface area contributed by atoms with Gasteiger partial charge in [0.05, 0.1) is 5.41 Å². The highest BCUT2D eigenvalue weighted by atomic mass is 35.5. The van der Waals surface area contributed by atoms with Crippen molar-refractivity contribution in [1.82, 2.24) is 9.78 Å². The number of rotatable bonds is 5. The molecule has 8 heteroatoms. The molecule has 0 atom stereocenters. The second-order valence-corrected chi connectivity index (χ2v) is 6.38. The van der Waals surface area contributed by atoms with Gasteiger partial charge in [0.25, 0.3) is 0 Å². The maximum Gasteiger partial charge on any atom is 0.325 e. The van der Waals surface area contributed by atoms with E-state index >= 15 is 0 Å². The number of carbonyl (C=O) groups is 2. The van der Waals surface area contributed by atoms with E-state index in [0.717, 1.165) is 5.56 Å². The quantitative estimate of drug-likeness (QED) is 0.850. The number of anilines is 1. The Bertz CT molecular complexity index is 766. The number of nitrogens with zero attached hydrogens (tertiary/aromatic N) is 2. The van der Waals surface area contributed by atoms with E-state index in [0.29, 0.717) is 36.9 Å². The molecule has 7 nitrogen and oxygen atoms in total. The molecule has 1 amide bonds. The second kappa shape index (κ2) is 7.25. The van der Waals surface area contributed by atoms with Crippen molar-refractivity contribution in [3.8, 4) is 0 Å². The van der Waals surface area contributed by atoms with Gasteiger partial charge in [0.2, 0.25) is 5.91 Å². The first-order valence-corrected chi connectivity index (χ1v) is 8.28. The summed E-state index contributed by atoms with van der Waals surface area (Å²) in [7, 11) is 0. The van der Waals surface area contributed by atoms with E-state index in [9.17, 15) is 9.59 Å². The van der Waals surface area contributed by atoms with E-state index in [1.807, 2.05) is 12.1 Å². The van der Waals surface area contributed by atoms with Gasteiger partial charge in [-0.1, -0.05) is 23.7 Å².